The fourth-order valence-electron chi connectivity index (χ4n) is 2.85. The third-order valence-corrected chi connectivity index (χ3v) is 3.92. The Morgan fingerprint density at radius 1 is 1.37 bits per heavy atom. The van der Waals surface area contributed by atoms with Crippen LogP contribution in [0.15, 0.2) is 6.20 Å². The first-order valence-corrected chi connectivity index (χ1v) is 6.91. The number of aromatic amines is 1. The van der Waals surface area contributed by atoms with Crippen molar-refractivity contribution in [3.63, 3.8) is 0 Å². The molecular formula is C13H19N5O. The number of nitrogens with one attached hydrogen (secondary N) is 1. The zero-order valence-electron chi connectivity index (χ0n) is 11.1. The lowest BCUT2D eigenvalue weighted by atomic mass is 9.85. The van der Waals surface area contributed by atoms with Crippen molar-refractivity contribution in [2.24, 2.45) is 5.92 Å². The Labute approximate surface area is 111 Å². The minimum atomic E-state index is 0.218. The molecule has 0 radical (unpaired) electrons. The van der Waals surface area contributed by atoms with Gasteiger partial charge in [-0.2, -0.15) is 15.1 Å². The van der Waals surface area contributed by atoms with Crippen LogP contribution in [0.4, 0.5) is 5.95 Å². The van der Waals surface area contributed by atoms with Crippen molar-refractivity contribution in [3.05, 3.63) is 6.20 Å². The molecule has 1 aliphatic rings. The maximum atomic E-state index is 6.12. The number of fused-ring (bicyclic) bond motifs is 1. The van der Waals surface area contributed by atoms with Crippen LogP contribution in [0.25, 0.3) is 11.0 Å². The van der Waals surface area contributed by atoms with E-state index >= 15 is 0 Å². The number of ether oxygens (including phenoxy) is 1. The molecule has 0 saturated heterocycles. The Bertz CT molecular complexity index is 567. The van der Waals surface area contributed by atoms with Crippen LogP contribution < -0.4 is 10.5 Å². The van der Waals surface area contributed by atoms with E-state index in [0.29, 0.717) is 17.4 Å². The van der Waals surface area contributed by atoms with Crippen LogP contribution in [0.2, 0.25) is 0 Å². The van der Waals surface area contributed by atoms with Crippen molar-refractivity contribution < 1.29 is 4.74 Å². The summed E-state index contributed by atoms with van der Waals surface area (Å²) in [5.74, 6) is 1.38. The Kier molecular flexibility index (Phi) is 3.23. The van der Waals surface area contributed by atoms with Gasteiger partial charge in [0, 0.05) is 0 Å². The average Bonchev–Trinajstić information content (AvgIpc) is 2.87. The number of hydrogen-bond donors (Lipinski definition) is 2. The summed E-state index contributed by atoms with van der Waals surface area (Å²) in [6.45, 7) is 2.22. The Balaban J connectivity index is 1.89. The largest absolute Gasteiger partial charge is 0.473 e. The van der Waals surface area contributed by atoms with E-state index in [4.69, 9.17) is 10.5 Å². The molecule has 3 N–H and O–H groups in total. The molecule has 1 saturated carbocycles. The van der Waals surface area contributed by atoms with Gasteiger partial charge in [-0.3, -0.25) is 5.10 Å². The van der Waals surface area contributed by atoms with Crippen LogP contribution in [0.5, 0.6) is 5.88 Å². The van der Waals surface area contributed by atoms with Gasteiger partial charge in [0.05, 0.1) is 6.20 Å². The number of hydrogen-bond acceptors (Lipinski definition) is 5. The van der Waals surface area contributed by atoms with Gasteiger partial charge in [-0.1, -0.05) is 13.3 Å². The molecule has 2 heterocycles. The van der Waals surface area contributed by atoms with Gasteiger partial charge >= 0.3 is 0 Å². The molecule has 6 heteroatoms. The topological polar surface area (TPSA) is 89.7 Å². The molecule has 2 unspecified atom stereocenters. The highest BCUT2D eigenvalue weighted by Crippen LogP contribution is 2.32. The van der Waals surface area contributed by atoms with Crippen LogP contribution in [0.1, 0.15) is 39.0 Å². The van der Waals surface area contributed by atoms with E-state index in [0.717, 1.165) is 18.2 Å². The third kappa shape index (κ3) is 2.34. The quantitative estimate of drug-likeness (QED) is 0.884. The summed E-state index contributed by atoms with van der Waals surface area (Å²) in [7, 11) is 0. The predicted octanol–water partition coefficient (Wildman–Crippen LogP) is 2.28. The zero-order chi connectivity index (χ0) is 13.2. The number of anilines is 1. The maximum Gasteiger partial charge on any atom is 0.229 e. The summed E-state index contributed by atoms with van der Waals surface area (Å²) in [6.07, 6.45) is 7.89. The van der Waals surface area contributed by atoms with Crippen molar-refractivity contribution in [1.29, 1.82) is 0 Å². The summed E-state index contributed by atoms with van der Waals surface area (Å²) >= 11 is 0. The molecule has 1 aliphatic carbocycles. The number of nitrogens with zero attached hydrogens (tertiary/aromatic N) is 3. The molecule has 2 aromatic rings. The standard InChI is InChI=1S/C13H19N5O/c1-2-8-5-3-4-6-10(8)19-12-9-7-15-18-11(9)16-13(14)17-12/h7-8,10H,2-6H2,1H3,(H3,14,15,16,17,18). The van der Waals surface area contributed by atoms with E-state index < -0.39 is 0 Å². The SMILES string of the molecule is CCC1CCCCC1Oc1nc(N)nc2[nH]ncc12. The van der Waals surface area contributed by atoms with Crippen LogP contribution in [0, 0.1) is 5.92 Å². The van der Waals surface area contributed by atoms with Crippen LogP contribution in [-0.4, -0.2) is 26.3 Å². The molecule has 2 atom stereocenters. The molecule has 1 fully saturated rings. The second-order valence-corrected chi connectivity index (χ2v) is 5.13. The molecule has 0 spiro atoms. The van der Waals surface area contributed by atoms with E-state index in [1.807, 2.05) is 0 Å². The summed E-state index contributed by atoms with van der Waals surface area (Å²) in [4.78, 5) is 8.32. The van der Waals surface area contributed by atoms with E-state index in [2.05, 4.69) is 27.1 Å². The highest BCUT2D eigenvalue weighted by molar-refractivity contribution is 5.80. The van der Waals surface area contributed by atoms with Gasteiger partial charge in [-0.25, -0.2) is 0 Å². The van der Waals surface area contributed by atoms with E-state index in [1.54, 1.807) is 6.20 Å². The maximum absolute atomic E-state index is 6.12. The number of aromatic nitrogens is 4. The number of nitrogen functional groups attached to an aromatic ring is 1. The third-order valence-electron chi connectivity index (χ3n) is 3.92. The summed E-state index contributed by atoms with van der Waals surface area (Å²) < 4.78 is 6.12. The second-order valence-electron chi connectivity index (χ2n) is 5.13. The molecule has 0 aromatic carbocycles. The van der Waals surface area contributed by atoms with E-state index in [9.17, 15) is 0 Å². The number of rotatable bonds is 3. The minimum Gasteiger partial charge on any atom is -0.473 e. The van der Waals surface area contributed by atoms with Crippen LogP contribution >= 0.6 is 0 Å². The lowest BCUT2D eigenvalue weighted by Crippen LogP contribution is -2.30. The Hall–Kier alpha value is -1.85. The van der Waals surface area contributed by atoms with Gasteiger partial charge in [0.1, 0.15) is 11.5 Å². The normalized spacial score (nSPS) is 23.6. The molecule has 102 valence electrons. The smallest absolute Gasteiger partial charge is 0.229 e. The van der Waals surface area contributed by atoms with Crippen molar-refractivity contribution >= 4 is 17.0 Å². The molecular weight excluding hydrogens is 242 g/mol. The zero-order valence-corrected chi connectivity index (χ0v) is 11.1. The van der Waals surface area contributed by atoms with Gasteiger partial charge in [0.2, 0.25) is 11.8 Å². The first-order chi connectivity index (χ1) is 9.28. The molecule has 2 aromatic heterocycles. The summed E-state index contributed by atoms with van der Waals surface area (Å²) in [6, 6.07) is 0. The molecule has 0 aliphatic heterocycles. The Morgan fingerprint density at radius 3 is 3.05 bits per heavy atom. The van der Waals surface area contributed by atoms with E-state index in [1.165, 1.54) is 19.3 Å². The molecule has 3 rings (SSSR count). The number of nitrogens with two attached hydrogens (primary N) is 1. The van der Waals surface area contributed by atoms with Crippen LogP contribution in [-0.2, 0) is 0 Å². The second kappa shape index (κ2) is 5.03. The van der Waals surface area contributed by atoms with Gasteiger partial charge in [-0.15, -0.1) is 0 Å². The van der Waals surface area contributed by atoms with Crippen molar-refractivity contribution in [2.45, 2.75) is 45.1 Å². The number of H-pyrrole nitrogens is 1. The average molecular weight is 261 g/mol. The lowest BCUT2D eigenvalue weighted by Gasteiger charge is -2.30. The van der Waals surface area contributed by atoms with Crippen molar-refractivity contribution in [1.82, 2.24) is 20.2 Å². The lowest BCUT2D eigenvalue weighted by molar-refractivity contribution is 0.0876. The highest BCUT2D eigenvalue weighted by Gasteiger charge is 2.26. The summed E-state index contributed by atoms with van der Waals surface area (Å²) in [5, 5.41) is 7.57. The summed E-state index contributed by atoms with van der Waals surface area (Å²) in [5.41, 5.74) is 6.34. The molecule has 0 amide bonds. The highest BCUT2D eigenvalue weighted by atomic mass is 16.5. The fraction of sp³-hybridized carbons (Fsp3) is 0.615. The molecule has 0 bridgehead atoms. The first kappa shape index (κ1) is 12.2. The van der Waals surface area contributed by atoms with E-state index in [-0.39, 0.29) is 12.1 Å². The molecule has 19 heavy (non-hydrogen) atoms. The van der Waals surface area contributed by atoms with Crippen LogP contribution in [0.3, 0.4) is 0 Å². The minimum absolute atomic E-state index is 0.218. The molecule has 6 nitrogen and oxygen atoms in total. The van der Waals surface area contributed by atoms with Gasteiger partial charge in [-0.05, 0) is 31.6 Å². The predicted molar refractivity (Wildman–Crippen MR) is 72.8 cm³/mol. The first-order valence-electron chi connectivity index (χ1n) is 6.91. The van der Waals surface area contributed by atoms with Crippen molar-refractivity contribution in [3.8, 4) is 5.88 Å². The Morgan fingerprint density at radius 2 is 2.21 bits per heavy atom. The van der Waals surface area contributed by atoms with Crippen molar-refractivity contribution in [2.75, 3.05) is 5.73 Å². The fourth-order valence-corrected chi connectivity index (χ4v) is 2.85. The van der Waals surface area contributed by atoms with Gasteiger partial charge in [0.25, 0.3) is 0 Å². The van der Waals surface area contributed by atoms with Gasteiger partial charge in [0.15, 0.2) is 5.65 Å². The van der Waals surface area contributed by atoms with Gasteiger partial charge < -0.3 is 10.5 Å². The monoisotopic (exact) mass is 261 g/mol.